The minimum atomic E-state index is -4.71. The van der Waals surface area contributed by atoms with E-state index in [0.29, 0.717) is 11.3 Å². The zero-order valence-electron chi connectivity index (χ0n) is 19.3. The molecule has 0 saturated carbocycles. The van der Waals surface area contributed by atoms with Crippen molar-refractivity contribution in [2.45, 2.75) is 26.1 Å². The molecule has 0 unspecified atom stereocenters. The van der Waals surface area contributed by atoms with Gasteiger partial charge in [-0.25, -0.2) is 9.97 Å². The van der Waals surface area contributed by atoms with Gasteiger partial charge in [-0.3, -0.25) is 4.40 Å². The van der Waals surface area contributed by atoms with Crippen molar-refractivity contribution in [1.82, 2.24) is 19.7 Å². The lowest BCUT2D eigenvalue weighted by molar-refractivity contribution is -0.274. The number of aromatic nitrogens is 3. The molecule has 0 aliphatic carbocycles. The monoisotopic (exact) mass is 499 g/mol. The van der Waals surface area contributed by atoms with Crippen LogP contribution in [0.5, 0.6) is 5.75 Å². The Labute approximate surface area is 204 Å². The van der Waals surface area contributed by atoms with Gasteiger partial charge in [0.15, 0.2) is 5.13 Å². The van der Waals surface area contributed by atoms with Gasteiger partial charge < -0.3 is 15.0 Å². The first-order valence-electron chi connectivity index (χ1n) is 11.3. The zero-order valence-corrected chi connectivity index (χ0v) is 20.1. The molecule has 0 fully saturated rings. The van der Waals surface area contributed by atoms with E-state index in [-0.39, 0.29) is 5.75 Å². The topological polar surface area (TPSA) is 54.7 Å². The first kappa shape index (κ1) is 23.4. The Morgan fingerprint density at radius 2 is 1.89 bits per heavy atom. The van der Waals surface area contributed by atoms with Crippen LogP contribution in [0.15, 0.2) is 54.1 Å². The summed E-state index contributed by atoms with van der Waals surface area (Å²) in [5, 5.41) is 6.00. The second kappa shape index (κ2) is 9.35. The Morgan fingerprint density at radius 3 is 2.57 bits per heavy atom. The molecule has 10 heteroatoms. The van der Waals surface area contributed by atoms with Gasteiger partial charge in [0.05, 0.1) is 11.4 Å². The summed E-state index contributed by atoms with van der Waals surface area (Å²) in [7, 11) is 1.96. The van der Waals surface area contributed by atoms with E-state index in [4.69, 9.17) is 9.97 Å². The van der Waals surface area contributed by atoms with Crippen molar-refractivity contribution in [3.63, 3.8) is 0 Å². The van der Waals surface area contributed by atoms with Crippen molar-refractivity contribution in [2.75, 3.05) is 25.0 Å². The fourth-order valence-electron chi connectivity index (χ4n) is 4.22. The lowest BCUT2D eigenvalue weighted by Gasteiger charge is -2.18. The minimum absolute atomic E-state index is 0.258. The third-order valence-corrected chi connectivity index (χ3v) is 6.83. The molecule has 0 radical (unpaired) electrons. The van der Waals surface area contributed by atoms with E-state index in [2.05, 4.69) is 39.7 Å². The summed E-state index contributed by atoms with van der Waals surface area (Å²) in [6, 6.07) is 9.91. The van der Waals surface area contributed by atoms with Gasteiger partial charge in [-0.2, -0.15) is 0 Å². The molecule has 0 atom stereocenters. The van der Waals surface area contributed by atoms with Crippen molar-refractivity contribution in [1.29, 1.82) is 0 Å². The molecule has 0 bridgehead atoms. The largest absolute Gasteiger partial charge is 0.573 e. The molecular weight excluding hydrogens is 475 g/mol. The number of anilines is 2. The van der Waals surface area contributed by atoms with Gasteiger partial charge in [0, 0.05) is 30.7 Å². The highest BCUT2D eigenvalue weighted by Crippen LogP contribution is 2.35. The number of halogens is 3. The van der Waals surface area contributed by atoms with Crippen LogP contribution in [0.4, 0.5) is 24.1 Å². The van der Waals surface area contributed by atoms with Gasteiger partial charge in [-0.1, -0.05) is 13.0 Å². The quantitative estimate of drug-likeness (QED) is 0.349. The molecule has 5 rings (SSSR count). The molecule has 4 aromatic rings. The number of aryl methyl sites for hydroxylation is 1. The highest BCUT2D eigenvalue weighted by Gasteiger charge is 2.31. The molecule has 1 N–H and O–H groups in total. The molecule has 1 aliphatic rings. The van der Waals surface area contributed by atoms with E-state index >= 15 is 0 Å². The van der Waals surface area contributed by atoms with Gasteiger partial charge in [0.2, 0.25) is 0 Å². The number of thiazole rings is 1. The average molecular weight is 500 g/mol. The van der Waals surface area contributed by atoms with Crippen LogP contribution in [0.2, 0.25) is 0 Å². The number of fused-ring (bicyclic) bond motifs is 1. The summed E-state index contributed by atoms with van der Waals surface area (Å²) in [5.41, 5.74) is 5.73. The third-order valence-electron chi connectivity index (χ3n) is 5.91. The van der Waals surface area contributed by atoms with Gasteiger partial charge >= 0.3 is 6.36 Å². The van der Waals surface area contributed by atoms with Crippen molar-refractivity contribution in [2.24, 2.45) is 0 Å². The van der Waals surface area contributed by atoms with E-state index in [9.17, 15) is 13.2 Å². The van der Waals surface area contributed by atoms with Crippen LogP contribution >= 0.6 is 11.3 Å². The van der Waals surface area contributed by atoms with E-state index in [1.807, 2.05) is 23.4 Å². The van der Waals surface area contributed by atoms with Crippen LogP contribution in [0.25, 0.3) is 22.5 Å². The maximum Gasteiger partial charge on any atom is 0.573 e. The minimum Gasteiger partial charge on any atom is -0.406 e. The van der Waals surface area contributed by atoms with Gasteiger partial charge in [0.1, 0.15) is 17.2 Å². The summed E-state index contributed by atoms with van der Waals surface area (Å²) in [6.07, 6.45) is 1.40. The number of alkyl halides is 3. The smallest absolute Gasteiger partial charge is 0.406 e. The normalized spacial score (nSPS) is 14.3. The fourth-order valence-corrected chi connectivity index (χ4v) is 5.02. The Hall–Kier alpha value is -3.37. The first-order valence-corrected chi connectivity index (χ1v) is 12.2. The van der Waals surface area contributed by atoms with Crippen LogP contribution in [-0.2, 0) is 6.42 Å². The zero-order chi connectivity index (χ0) is 24.6. The number of hydrogen-bond acceptors (Lipinski definition) is 6. The van der Waals surface area contributed by atoms with Gasteiger partial charge in [-0.15, -0.1) is 24.5 Å². The molecule has 0 amide bonds. The van der Waals surface area contributed by atoms with Gasteiger partial charge in [-0.05, 0) is 66.9 Å². The molecule has 35 heavy (non-hydrogen) atoms. The number of nitrogens with one attached hydrogen (secondary N) is 1. The number of ether oxygens (including phenoxy) is 1. The van der Waals surface area contributed by atoms with Crippen molar-refractivity contribution in [3.8, 4) is 17.0 Å². The second-order valence-electron chi connectivity index (χ2n) is 8.21. The lowest BCUT2D eigenvalue weighted by atomic mass is 10.0. The molecule has 6 nitrogen and oxygen atoms in total. The number of imidazole rings is 1. The Morgan fingerprint density at radius 1 is 1.11 bits per heavy atom. The van der Waals surface area contributed by atoms with Crippen LogP contribution in [0.1, 0.15) is 24.6 Å². The lowest BCUT2D eigenvalue weighted by Crippen LogP contribution is -2.20. The second-order valence-corrected chi connectivity index (χ2v) is 9.05. The van der Waals surface area contributed by atoms with Crippen molar-refractivity contribution < 1.29 is 17.9 Å². The number of hydrogen-bond donors (Lipinski definition) is 1. The highest BCUT2D eigenvalue weighted by atomic mass is 32.1. The average Bonchev–Trinajstić information content (AvgIpc) is 3.48. The fraction of sp³-hybridized carbons (Fsp3) is 0.280. The third kappa shape index (κ3) is 4.89. The van der Waals surface area contributed by atoms with Gasteiger partial charge in [0.25, 0.3) is 0 Å². The number of benzene rings is 1. The summed E-state index contributed by atoms with van der Waals surface area (Å²) in [4.78, 5) is 11.6. The van der Waals surface area contributed by atoms with E-state index < -0.39 is 6.36 Å². The molecule has 1 aliphatic heterocycles. The van der Waals surface area contributed by atoms with Crippen LogP contribution in [0, 0.1) is 0 Å². The molecule has 0 saturated heterocycles. The van der Waals surface area contributed by atoms with Crippen molar-refractivity contribution in [3.05, 3.63) is 65.3 Å². The molecule has 4 heterocycles. The maximum absolute atomic E-state index is 12.4. The summed E-state index contributed by atoms with van der Waals surface area (Å²) in [6.45, 7) is 3.91. The SMILES string of the molecule is CCc1nc2ccc(C3=CCNCC3)cn2c1N(C)c1nc(-c2ccc(OC(F)(F)F)cc2)cs1. The molecular formula is C25H24F3N5OS. The number of pyridine rings is 1. The first-order chi connectivity index (χ1) is 16.8. The van der Waals surface area contributed by atoms with Crippen LogP contribution in [0.3, 0.4) is 0 Å². The predicted molar refractivity (Wildman–Crippen MR) is 132 cm³/mol. The summed E-state index contributed by atoms with van der Waals surface area (Å²) < 4.78 is 43.4. The standard InChI is InChI=1S/C25H24F3N5OS/c1-3-20-23(33-14-18(6-9-22(33)30-20)16-10-12-29-13-11-16)32(2)24-31-21(15-35-24)17-4-7-19(8-5-17)34-25(26,27)28/h4-10,14-15,29H,3,11-13H2,1-2H3. The number of nitrogens with zero attached hydrogens (tertiary/aromatic N) is 4. The highest BCUT2D eigenvalue weighted by molar-refractivity contribution is 7.14. The van der Waals surface area contributed by atoms with Crippen molar-refractivity contribution >= 4 is 33.5 Å². The van der Waals surface area contributed by atoms with E-state index in [1.165, 1.54) is 34.6 Å². The maximum atomic E-state index is 12.4. The molecule has 182 valence electrons. The Kier molecular flexibility index (Phi) is 6.24. The summed E-state index contributed by atoms with van der Waals surface area (Å²) in [5.74, 6) is 0.695. The Balaban J connectivity index is 1.46. The molecule has 1 aromatic carbocycles. The van der Waals surface area contributed by atoms with E-state index in [1.54, 1.807) is 12.1 Å². The van der Waals surface area contributed by atoms with E-state index in [0.717, 1.165) is 48.2 Å². The predicted octanol–water partition coefficient (Wildman–Crippen LogP) is 6.06. The Bertz CT molecular complexity index is 1370. The van der Waals surface area contributed by atoms with Crippen LogP contribution in [-0.4, -0.2) is 40.9 Å². The molecule has 0 spiro atoms. The summed E-state index contributed by atoms with van der Waals surface area (Å²) >= 11 is 1.47. The number of rotatable bonds is 6. The molecule has 3 aromatic heterocycles. The van der Waals surface area contributed by atoms with Crippen LogP contribution < -0.4 is 15.0 Å².